The van der Waals surface area contributed by atoms with E-state index in [1.807, 2.05) is 0 Å². The topological polar surface area (TPSA) is 49.9 Å². The van der Waals surface area contributed by atoms with E-state index in [2.05, 4.69) is 20.8 Å². The van der Waals surface area contributed by atoms with E-state index in [0.29, 0.717) is 13.2 Å². The van der Waals surface area contributed by atoms with Crippen LogP contribution in [-0.2, 0) is 14.3 Å². The molecule has 0 aromatic heterocycles. The third kappa shape index (κ3) is 0.859. The highest BCUT2D eigenvalue weighted by Crippen LogP contribution is 2.86. The maximum atomic E-state index is 12.7. The minimum atomic E-state index is -0.302. The average Bonchev–Trinajstić information content (AvgIpc) is 3.16. The number of likely N-dealkylation sites (tertiary alicyclic amines) is 1. The summed E-state index contributed by atoms with van der Waals surface area (Å²) in [6.07, 6.45) is 2.06. The maximum absolute atomic E-state index is 12.7. The summed E-state index contributed by atoms with van der Waals surface area (Å²) in [5, 5.41) is 0. The molecule has 4 nitrogen and oxygen atoms in total. The Morgan fingerprint density at radius 3 is 2.44 bits per heavy atom. The van der Waals surface area contributed by atoms with E-state index in [4.69, 9.17) is 4.74 Å². The number of imide groups is 1. The van der Waals surface area contributed by atoms with Gasteiger partial charge in [0.2, 0.25) is 11.8 Å². The molecule has 2 amide bonds. The van der Waals surface area contributed by atoms with Gasteiger partial charge in [-0.25, -0.2) is 0 Å². The molecule has 2 saturated carbocycles. The van der Waals surface area contributed by atoms with Crippen LogP contribution >= 0.6 is 0 Å². The molecular weight excluding hydrogens is 230 g/mol. The summed E-state index contributed by atoms with van der Waals surface area (Å²) < 4.78 is 5.17. The highest BCUT2D eigenvalue weighted by Gasteiger charge is 2.88. The van der Waals surface area contributed by atoms with Gasteiger partial charge < -0.3 is 4.74 Å². The van der Waals surface area contributed by atoms with Crippen LogP contribution < -0.4 is 0 Å². The zero-order valence-corrected chi connectivity index (χ0v) is 11.2. The number of rotatable bonds is 2. The Labute approximate surface area is 107 Å². The normalized spacial score (nSPS) is 51.4. The van der Waals surface area contributed by atoms with Gasteiger partial charge in [0.05, 0.1) is 30.6 Å². The van der Waals surface area contributed by atoms with Crippen LogP contribution in [0.4, 0.5) is 0 Å². The van der Waals surface area contributed by atoms with Crippen LogP contribution in [0.3, 0.4) is 0 Å². The maximum Gasteiger partial charge on any atom is 0.235 e. The fraction of sp³-hybridized carbons (Fsp3) is 0.857. The van der Waals surface area contributed by atoms with E-state index in [9.17, 15) is 9.59 Å². The molecule has 2 aliphatic carbocycles. The molecular formula is C14H19NO3. The van der Waals surface area contributed by atoms with Gasteiger partial charge in [0.25, 0.3) is 0 Å². The molecule has 0 aromatic carbocycles. The Morgan fingerprint density at radius 2 is 1.94 bits per heavy atom. The first-order valence-corrected chi connectivity index (χ1v) is 6.84. The smallest absolute Gasteiger partial charge is 0.235 e. The predicted molar refractivity (Wildman–Crippen MR) is 63.5 cm³/mol. The van der Waals surface area contributed by atoms with Crippen molar-refractivity contribution in [2.24, 2.45) is 22.2 Å². The molecule has 98 valence electrons. The number of carbonyl (C=O) groups is 2. The van der Waals surface area contributed by atoms with Crippen LogP contribution in [0.2, 0.25) is 0 Å². The van der Waals surface area contributed by atoms with Crippen LogP contribution in [-0.4, -0.2) is 36.0 Å². The van der Waals surface area contributed by atoms with Crippen LogP contribution in [0.25, 0.3) is 0 Å². The Bertz CT molecular complexity index is 481. The fourth-order valence-corrected chi connectivity index (χ4v) is 5.04. The molecule has 2 saturated heterocycles. The Morgan fingerprint density at radius 1 is 1.28 bits per heavy atom. The van der Waals surface area contributed by atoms with Crippen LogP contribution in [0.15, 0.2) is 0 Å². The molecule has 0 aromatic rings. The van der Waals surface area contributed by atoms with Crippen molar-refractivity contribution in [3.8, 4) is 0 Å². The SMILES string of the molecule is CC1(C)[C@@H]2C(=O)N(C[C@@H]3CO3)C(=O)[C@@]3(C)CC[C@]213. The van der Waals surface area contributed by atoms with Gasteiger partial charge in [0.1, 0.15) is 0 Å². The lowest BCUT2D eigenvalue weighted by Crippen LogP contribution is -2.61. The van der Waals surface area contributed by atoms with Gasteiger partial charge in [-0.2, -0.15) is 0 Å². The fourth-order valence-electron chi connectivity index (χ4n) is 5.04. The first-order chi connectivity index (χ1) is 8.36. The van der Waals surface area contributed by atoms with Crippen molar-refractivity contribution in [3.63, 3.8) is 0 Å². The molecule has 0 N–H and O–H groups in total. The van der Waals surface area contributed by atoms with E-state index in [0.717, 1.165) is 12.8 Å². The highest BCUT2D eigenvalue weighted by atomic mass is 16.6. The molecule has 18 heavy (non-hydrogen) atoms. The summed E-state index contributed by atoms with van der Waals surface area (Å²) >= 11 is 0. The number of amides is 2. The number of epoxide rings is 1. The monoisotopic (exact) mass is 249 g/mol. The first-order valence-electron chi connectivity index (χ1n) is 6.84. The zero-order valence-electron chi connectivity index (χ0n) is 11.2. The standard InChI is InChI=1S/C14H19NO3/c1-12(2)9-10(16)15(6-8-7-18-8)11(17)13(3)4-5-14(9,12)13/h8-9H,4-7H2,1-3H3/t8-,9+,13-,14+/m1/s1. The van der Waals surface area contributed by atoms with E-state index in [1.54, 1.807) is 0 Å². The van der Waals surface area contributed by atoms with Crippen molar-refractivity contribution < 1.29 is 14.3 Å². The van der Waals surface area contributed by atoms with E-state index in [1.165, 1.54) is 4.90 Å². The van der Waals surface area contributed by atoms with Crippen molar-refractivity contribution in [1.29, 1.82) is 0 Å². The van der Waals surface area contributed by atoms with Gasteiger partial charge in [0, 0.05) is 5.41 Å². The van der Waals surface area contributed by atoms with Gasteiger partial charge >= 0.3 is 0 Å². The number of ether oxygens (including phenoxy) is 1. The van der Waals surface area contributed by atoms with E-state index < -0.39 is 0 Å². The summed E-state index contributed by atoms with van der Waals surface area (Å²) in [6, 6.07) is 0. The summed E-state index contributed by atoms with van der Waals surface area (Å²) in [6.45, 7) is 7.52. The Kier molecular flexibility index (Phi) is 1.63. The molecule has 4 heteroatoms. The lowest BCUT2D eigenvalue weighted by molar-refractivity contribution is -0.172. The number of carbonyl (C=O) groups excluding carboxylic acids is 2. The van der Waals surface area contributed by atoms with Gasteiger partial charge in [0.15, 0.2) is 0 Å². The molecule has 0 radical (unpaired) electrons. The molecule has 0 unspecified atom stereocenters. The molecule has 4 atom stereocenters. The van der Waals surface area contributed by atoms with E-state index >= 15 is 0 Å². The van der Waals surface area contributed by atoms with Crippen LogP contribution in [0.1, 0.15) is 33.6 Å². The molecule has 0 bridgehead atoms. The summed E-state index contributed by atoms with van der Waals surface area (Å²) in [5.74, 6) is 0.161. The molecule has 4 rings (SSSR count). The second kappa shape index (κ2) is 2.67. The van der Waals surface area contributed by atoms with Gasteiger partial charge in [-0.05, 0) is 18.3 Å². The largest absolute Gasteiger partial charge is 0.371 e. The van der Waals surface area contributed by atoms with Crippen LogP contribution in [0.5, 0.6) is 0 Å². The lowest BCUT2D eigenvalue weighted by Gasteiger charge is -2.53. The molecule has 4 fully saturated rings. The number of hydrogen-bond acceptors (Lipinski definition) is 3. The van der Waals surface area contributed by atoms with E-state index in [-0.39, 0.29) is 40.1 Å². The summed E-state index contributed by atoms with van der Waals surface area (Å²) in [5.41, 5.74) is -0.342. The minimum Gasteiger partial charge on any atom is -0.371 e. The average molecular weight is 249 g/mol. The lowest BCUT2D eigenvalue weighted by atomic mass is 9.53. The van der Waals surface area contributed by atoms with Gasteiger partial charge in [-0.3, -0.25) is 14.5 Å². The van der Waals surface area contributed by atoms with Crippen molar-refractivity contribution in [3.05, 3.63) is 0 Å². The summed E-state index contributed by atoms with van der Waals surface area (Å²) in [7, 11) is 0. The molecule has 1 spiro atoms. The number of nitrogens with zero attached hydrogens (tertiary/aromatic N) is 1. The third-order valence-corrected chi connectivity index (χ3v) is 6.30. The van der Waals surface area contributed by atoms with Crippen molar-refractivity contribution in [1.82, 2.24) is 4.90 Å². The quantitative estimate of drug-likeness (QED) is 0.546. The Hall–Kier alpha value is -0.900. The third-order valence-electron chi connectivity index (χ3n) is 6.30. The van der Waals surface area contributed by atoms with Crippen LogP contribution in [0, 0.1) is 22.2 Å². The second-order valence-electron chi connectivity index (χ2n) is 7.17. The summed E-state index contributed by atoms with van der Waals surface area (Å²) in [4.78, 5) is 26.7. The molecule has 4 aliphatic rings. The highest BCUT2D eigenvalue weighted by molar-refractivity contribution is 6.07. The minimum absolute atomic E-state index is 0.00803. The molecule has 2 heterocycles. The van der Waals surface area contributed by atoms with Gasteiger partial charge in [-0.1, -0.05) is 20.8 Å². The van der Waals surface area contributed by atoms with Crippen molar-refractivity contribution >= 4 is 11.8 Å². The molecule has 2 aliphatic heterocycles. The number of piperidine rings is 1. The number of hydrogen-bond donors (Lipinski definition) is 0. The zero-order chi connectivity index (χ0) is 12.9. The second-order valence-corrected chi connectivity index (χ2v) is 7.17. The first kappa shape index (κ1) is 11.0. The van der Waals surface area contributed by atoms with Crippen molar-refractivity contribution in [2.45, 2.75) is 39.7 Å². The van der Waals surface area contributed by atoms with Crippen molar-refractivity contribution in [2.75, 3.05) is 13.2 Å². The predicted octanol–water partition coefficient (Wildman–Crippen LogP) is 1.20. The Balaban J connectivity index is 1.74. The van der Waals surface area contributed by atoms with Gasteiger partial charge in [-0.15, -0.1) is 0 Å².